The van der Waals surface area contributed by atoms with Crippen molar-refractivity contribution in [2.45, 2.75) is 58.7 Å². The molecule has 2 aliphatic carbocycles. The molecule has 0 aromatic heterocycles. The van der Waals surface area contributed by atoms with Gasteiger partial charge in [-0.2, -0.15) is 0 Å². The normalized spacial score (nSPS) is 40.7. The van der Waals surface area contributed by atoms with Crippen LogP contribution < -0.4 is 0 Å². The Morgan fingerprint density at radius 1 is 1.44 bits per heavy atom. The highest BCUT2D eigenvalue weighted by atomic mass is 16.5. The zero-order chi connectivity index (χ0) is 13.8. The molecule has 2 aliphatic rings. The van der Waals surface area contributed by atoms with E-state index < -0.39 is 11.6 Å². The average Bonchev–Trinajstić information content (AvgIpc) is 2.58. The van der Waals surface area contributed by atoms with Gasteiger partial charge in [0.25, 0.3) is 0 Å². The highest BCUT2D eigenvalue weighted by Crippen LogP contribution is 2.66. The number of aliphatic hydroxyl groups is 1. The van der Waals surface area contributed by atoms with Crippen LogP contribution in [0.5, 0.6) is 0 Å². The molecule has 2 saturated carbocycles. The van der Waals surface area contributed by atoms with Gasteiger partial charge in [-0.05, 0) is 42.9 Å². The zero-order valence-corrected chi connectivity index (χ0v) is 11.7. The van der Waals surface area contributed by atoms with Crippen LogP contribution in [0.15, 0.2) is 0 Å². The number of carboxylic acids is 1. The molecule has 0 radical (unpaired) electrons. The average molecular weight is 256 g/mol. The van der Waals surface area contributed by atoms with E-state index in [0.717, 1.165) is 12.8 Å². The van der Waals surface area contributed by atoms with Crippen LogP contribution in [-0.2, 0) is 9.53 Å². The Labute approximate surface area is 108 Å². The molecule has 4 heteroatoms. The molecule has 0 spiro atoms. The Balaban J connectivity index is 2.04. The third-order valence-electron chi connectivity index (χ3n) is 5.74. The van der Waals surface area contributed by atoms with Crippen molar-refractivity contribution in [3.63, 3.8) is 0 Å². The molecule has 0 amide bonds. The Kier molecular flexibility index (Phi) is 3.02. The minimum absolute atomic E-state index is 0.0667. The number of ether oxygens (including phenoxy) is 1. The molecule has 2 rings (SSSR count). The van der Waals surface area contributed by atoms with Crippen LogP contribution in [0.25, 0.3) is 0 Å². The van der Waals surface area contributed by atoms with Crippen molar-refractivity contribution >= 4 is 5.97 Å². The molecule has 0 saturated heterocycles. The second kappa shape index (κ2) is 3.94. The van der Waals surface area contributed by atoms with Crippen LogP contribution in [0, 0.1) is 16.7 Å². The van der Waals surface area contributed by atoms with Crippen molar-refractivity contribution < 1.29 is 19.7 Å². The van der Waals surface area contributed by atoms with Gasteiger partial charge in [0.2, 0.25) is 0 Å². The Morgan fingerprint density at radius 2 is 2.06 bits per heavy atom. The first-order valence-corrected chi connectivity index (χ1v) is 6.68. The minimum Gasteiger partial charge on any atom is -0.479 e. The summed E-state index contributed by atoms with van der Waals surface area (Å²) in [5.41, 5.74) is -1.44. The Bertz CT molecular complexity index is 361. The Morgan fingerprint density at radius 3 is 2.44 bits per heavy atom. The van der Waals surface area contributed by atoms with Gasteiger partial charge in [0.05, 0.1) is 12.7 Å². The maximum Gasteiger partial charge on any atom is 0.337 e. The molecular weight excluding hydrogens is 232 g/mol. The molecule has 4 atom stereocenters. The van der Waals surface area contributed by atoms with Crippen LogP contribution >= 0.6 is 0 Å². The lowest BCUT2D eigenvalue weighted by atomic mass is 9.70. The van der Waals surface area contributed by atoms with E-state index in [9.17, 15) is 9.90 Å². The third kappa shape index (κ3) is 1.77. The van der Waals surface area contributed by atoms with Crippen molar-refractivity contribution in [2.24, 2.45) is 16.7 Å². The lowest BCUT2D eigenvalue weighted by molar-refractivity contribution is -0.169. The number of hydrogen-bond donors (Lipinski definition) is 2. The zero-order valence-electron chi connectivity index (χ0n) is 11.7. The van der Waals surface area contributed by atoms with Crippen LogP contribution in [0.4, 0.5) is 0 Å². The SMILES string of the molecule is CC(O)(COC1CC2CCC1(C)C2(C)C)C(=O)O. The first kappa shape index (κ1) is 13.8. The highest BCUT2D eigenvalue weighted by Gasteiger charge is 2.62. The summed E-state index contributed by atoms with van der Waals surface area (Å²) in [4.78, 5) is 10.9. The summed E-state index contributed by atoms with van der Waals surface area (Å²) in [6, 6.07) is 0. The fourth-order valence-corrected chi connectivity index (χ4v) is 3.71. The van der Waals surface area contributed by atoms with Gasteiger partial charge in [0.1, 0.15) is 0 Å². The van der Waals surface area contributed by atoms with E-state index in [4.69, 9.17) is 9.84 Å². The predicted octanol–water partition coefficient (Wildman–Crippen LogP) is 2.05. The van der Waals surface area contributed by atoms with Gasteiger partial charge < -0.3 is 14.9 Å². The predicted molar refractivity (Wildman–Crippen MR) is 67.2 cm³/mol. The monoisotopic (exact) mass is 256 g/mol. The molecule has 4 unspecified atom stereocenters. The summed E-state index contributed by atoms with van der Waals surface area (Å²) < 4.78 is 5.77. The molecule has 2 N–H and O–H groups in total. The maximum absolute atomic E-state index is 10.9. The summed E-state index contributed by atoms with van der Waals surface area (Å²) in [5.74, 6) is -0.572. The van der Waals surface area contributed by atoms with Crippen LogP contribution in [0.2, 0.25) is 0 Å². The summed E-state index contributed by atoms with van der Waals surface area (Å²) in [5, 5.41) is 18.6. The first-order chi connectivity index (χ1) is 8.11. The molecule has 2 bridgehead atoms. The van der Waals surface area contributed by atoms with Gasteiger partial charge in [-0.1, -0.05) is 20.8 Å². The van der Waals surface area contributed by atoms with Crippen molar-refractivity contribution in [1.29, 1.82) is 0 Å². The fraction of sp³-hybridized carbons (Fsp3) is 0.929. The summed E-state index contributed by atoms with van der Waals surface area (Å²) >= 11 is 0. The number of carbonyl (C=O) groups is 1. The van der Waals surface area contributed by atoms with Gasteiger partial charge >= 0.3 is 5.97 Å². The lowest BCUT2D eigenvalue weighted by Gasteiger charge is -2.39. The van der Waals surface area contributed by atoms with Crippen molar-refractivity contribution in [1.82, 2.24) is 0 Å². The van der Waals surface area contributed by atoms with E-state index in [2.05, 4.69) is 20.8 Å². The lowest BCUT2D eigenvalue weighted by Crippen LogP contribution is -2.44. The molecule has 0 aromatic rings. The van der Waals surface area contributed by atoms with Gasteiger partial charge in [0.15, 0.2) is 5.60 Å². The van der Waals surface area contributed by atoms with Gasteiger partial charge in [0, 0.05) is 0 Å². The summed E-state index contributed by atoms with van der Waals surface area (Å²) in [7, 11) is 0. The van der Waals surface area contributed by atoms with E-state index in [1.165, 1.54) is 13.3 Å². The van der Waals surface area contributed by atoms with Crippen LogP contribution in [0.3, 0.4) is 0 Å². The van der Waals surface area contributed by atoms with E-state index in [-0.39, 0.29) is 23.5 Å². The second-order valence-corrected chi connectivity index (χ2v) is 6.99. The summed E-state index contributed by atoms with van der Waals surface area (Å²) in [6.45, 7) is 7.95. The fourth-order valence-electron chi connectivity index (χ4n) is 3.71. The van der Waals surface area contributed by atoms with Gasteiger partial charge in [-0.15, -0.1) is 0 Å². The highest BCUT2D eigenvalue weighted by molar-refractivity contribution is 5.76. The third-order valence-corrected chi connectivity index (χ3v) is 5.74. The van der Waals surface area contributed by atoms with E-state index in [1.54, 1.807) is 0 Å². The number of fused-ring (bicyclic) bond motifs is 2. The van der Waals surface area contributed by atoms with E-state index in [0.29, 0.717) is 5.92 Å². The molecule has 18 heavy (non-hydrogen) atoms. The molecule has 4 nitrogen and oxygen atoms in total. The van der Waals surface area contributed by atoms with Crippen molar-refractivity contribution in [3.05, 3.63) is 0 Å². The quantitative estimate of drug-likeness (QED) is 0.808. The van der Waals surface area contributed by atoms with E-state index >= 15 is 0 Å². The minimum atomic E-state index is -1.79. The van der Waals surface area contributed by atoms with Gasteiger partial charge in [-0.25, -0.2) is 4.79 Å². The molecule has 0 aromatic carbocycles. The smallest absolute Gasteiger partial charge is 0.337 e. The van der Waals surface area contributed by atoms with Crippen LogP contribution in [-0.4, -0.2) is 34.5 Å². The van der Waals surface area contributed by atoms with Crippen molar-refractivity contribution in [2.75, 3.05) is 6.61 Å². The molecule has 2 fully saturated rings. The number of rotatable bonds is 4. The number of aliphatic carboxylic acids is 1. The summed E-state index contributed by atoms with van der Waals surface area (Å²) in [6.07, 6.45) is 3.42. The molecular formula is C14H24O4. The molecule has 104 valence electrons. The largest absolute Gasteiger partial charge is 0.479 e. The van der Waals surface area contributed by atoms with Gasteiger partial charge in [-0.3, -0.25) is 0 Å². The standard InChI is InChI=1S/C14H24O4/c1-12(2)9-5-6-13(12,3)10(7-9)18-8-14(4,17)11(15)16/h9-10,17H,5-8H2,1-4H3,(H,15,16). The topological polar surface area (TPSA) is 66.8 Å². The Hall–Kier alpha value is -0.610. The first-order valence-electron chi connectivity index (χ1n) is 6.68. The van der Waals surface area contributed by atoms with E-state index in [1.807, 2.05) is 0 Å². The number of carboxylic acid groups (broad SMARTS) is 1. The molecule has 0 aliphatic heterocycles. The second-order valence-electron chi connectivity index (χ2n) is 6.99. The maximum atomic E-state index is 10.9. The van der Waals surface area contributed by atoms with Crippen molar-refractivity contribution in [3.8, 4) is 0 Å². The van der Waals surface area contributed by atoms with Crippen LogP contribution in [0.1, 0.15) is 47.0 Å². The number of hydrogen-bond acceptors (Lipinski definition) is 3. The molecule has 0 heterocycles.